The van der Waals surface area contributed by atoms with Crippen LogP contribution in [-0.2, 0) is 11.3 Å². The normalized spacial score (nSPS) is 10.8. The first-order valence-electron chi connectivity index (χ1n) is 7.68. The van der Waals surface area contributed by atoms with E-state index in [9.17, 15) is 14.0 Å². The van der Waals surface area contributed by atoms with E-state index in [0.29, 0.717) is 11.4 Å². The van der Waals surface area contributed by atoms with E-state index < -0.39 is 0 Å². The van der Waals surface area contributed by atoms with Crippen molar-refractivity contribution in [2.24, 2.45) is 0 Å². The molecule has 0 unspecified atom stereocenters. The summed E-state index contributed by atoms with van der Waals surface area (Å²) in [6.45, 7) is 2.30. The fourth-order valence-electron chi connectivity index (χ4n) is 2.43. The number of rotatable bonds is 5. The van der Waals surface area contributed by atoms with E-state index >= 15 is 0 Å². The highest BCUT2D eigenvalue weighted by Gasteiger charge is 2.17. The first kappa shape index (κ1) is 17.1. The summed E-state index contributed by atoms with van der Waals surface area (Å²) in [6.07, 6.45) is 0. The zero-order valence-corrected chi connectivity index (χ0v) is 14.6. The zero-order valence-electron chi connectivity index (χ0n) is 13.8. The van der Waals surface area contributed by atoms with Crippen LogP contribution in [0.2, 0.25) is 0 Å². The lowest BCUT2D eigenvalue weighted by molar-refractivity contribution is -0.119. The summed E-state index contributed by atoms with van der Waals surface area (Å²) in [6, 6.07) is 8.03. The third kappa shape index (κ3) is 3.69. The van der Waals surface area contributed by atoms with E-state index in [-0.39, 0.29) is 24.2 Å². The minimum absolute atomic E-state index is 0.0652. The Morgan fingerprint density at radius 1 is 1.28 bits per heavy atom. The summed E-state index contributed by atoms with van der Waals surface area (Å²) in [5.41, 5.74) is 1.74. The first-order valence-corrected chi connectivity index (χ1v) is 8.49. The monoisotopic (exact) mass is 360 g/mol. The number of hydrogen-bond acceptors (Lipinski definition) is 4. The molecule has 0 aliphatic heterocycles. The number of likely N-dealkylation sites (N-methyl/N-ethyl adjacent to an activating group) is 1. The van der Waals surface area contributed by atoms with Crippen molar-refractivity contribution in [1.82, 2.24) is 20.4 Å². The van der Waals surface area contributed by atoms with Gasteiger partial charge in [-0.1, -0.05) is 12.1 Å². The van der Waals surface area contributed by atoms with Crippen LogP contribution in [0.15, 0.2) is 30.3 Å². The molecule has 3 rings (SSSR count). The summed E-state index contributed by atoms with van der Waals surface area (Å²) < 4.78 is 14.8. The largest absolute Gasteiger partial charge is 0.358 e. The van der Waals surface area contributed by atoms with Crippen LogP contribution in [0.5, 0.6) is 0 Å². The lowest BCUT2D eigenvalue weighted by Gasteiger charge is -2.03. The van der Waals surface area contributed by atoms with Crippen LogP contribution in [0.1, 0.15) is 20.9 Å². The molecule has 2 heterocycles. The van der Waals surface area contributed by atoms with Gasteiger partial charge in [0.05, 0.1) is 23.7 Å². The van der Waals surface area contributed by atoms with Crippen molar-refractivity contribution in [3.05, 3.63) is 52.3 Å². The molecule has 0 saturated heterocycles. The second kappa shape index (κ2) is 7.02. The molecule has 0 saturated carbocycles. The maximum absolute atomic E-state index is 13.0. The highest BCUT2D eigenvalue weighted by atomic mass is 32.1. The molecule has 3 aromatic rings. The lowest BCUT2D eigenvalue weighted by Crippen LogP contribution is -2.34. The van der Waals surface area contributed by atoms with Gasteiger partial charge in [-0.25, -0.2) is 4.39 Å². The third-order valence-electron chi connectivity index (χ3n) is 3.77. The molecule has 2 aromatic heterocycles. The van der Waals surface area contributed by atoms with Gasteiger partial charge < -0.3 is 10.6 Å². The fraction of sp³-hybridized carbons (Fsp3) is 0.235. The van der Waals surface area contributed by atoms with Crippen molar-refractivity contribution < 1.29 is 14.0 Å². The van der Waals surface area contributed by atoms with Gasteiger partial charge in [0.1, 0.15) is 10.6 Å². The Hall–Kier alpha value is -2.74. The Morgan fingerprint density at radius 3 is 2.68 bits per heavy atom. The van der Waals surface area contributed by atoms with E-state index in [1.165, 1.54) is 30.5 Å². The Kier molecular flexibility index (Phi) is 4.80. The molecular formula is C17H17FN4O2S. The molecule has 0 aliphatic carbocycles. The summed E-state index contributed by atoms with van der Waals surface area (Å²) >= 11 is 1.32. The average molecular weight is 360 g/mol. The predicted molar refractivity (Wildman–Crippen MR) is 94.2 cm³/mol. The molecule has 0 atom stereocenters. The fourth-order valence-corrected chi connectivity index (χ4v) is 3.51. The number of amides is 2. The smallest absolute Gasteiger partial charge is 0.261 e. The summed E-state index contributed by atoms with van der Waals surface area (Å²) in [5, 5.41) is 10.4. The molecule has 8 heteroatoms. The quantitative estimate of drug-likeness (QED) is 0.731. The van der Waals surface area contributed by atoms with Gasteiger partial charge in [0.2, 0.25) is 5.91 Å². The number of aryl methyl sites for hydroxylation is 1. The zero-order chi connectivity index (χ0) is 18.0. The number of hydrogen-bond donors (Lipinski definition) is 2. The van der Waals surface area contributed by atoms with Gasteiger partial charge in [-0.15, -0.1) is 11.3 Å². The second-order valence-electron chi connectivity index (χ2n) is 5.55. The van der Waals surface area contributed by atoms with Gasteiger partial charge in [-0.05, 0) is 30.7 Å². The molecular weight excluding hydrogens is 343 g/mol. The second-order valence-corrected chi connectivity index (χ2v) is 6.59. The van der Waals surface area contributed by atoms with E-state index in [0.717, 1.165) is 21.5 Å². The maximum atomic E-state index is 13.0. The lowest BCUT2D eigenvalue weighted by atomic mass is 10.2. The molecule has 0 aliphatic rings. The summed E-state index contributed by atoms with van der Waals surface area (Å²) in [7, 11) is 1.52. The molecule has 0 spiro atoms. The molecule has 6 nitrogen and oxygen atoms in total. The van der Waals surface area contributed by atoms with E-state index in [4.69, 9.17) is 0 Å². The Balaban J connectivity index is 1.84. The summed E-state index contributed by atoms with van der Waals surface area (Å²) in [5.74, 6) is -0.831. The van der Waals surface area contributed by atoms with Crippen molar-refractivity contribution in [1.29, 1.82) is 0 Å². The van der Waals surface area contributed by atoms with E-state index in [1.54, 1.807) is 22.9 Å². The number of thiophene rings is 1. The number of aromatic nitrogens is 2. The Morgan fingerprint density at radius 2 is 2.00 bits per heavy atom. The highest BCUT2D eigenvalue weighted by Crippen LogP contribution is 2.28. The molecule has 2 amide bonds. The van der Waals surface area contributed by atoms with Crippen LogP contribution in [0.4, 0.5) is 4.39 Å². The molecule has 0 bridgehead atoms. The van der Waals surface area contributed by atoms with Crippen LogP contribution >= 0.6 is 11.3 Å². The minimum Gasteiger partial charge on any atom is -0.358 e. The number of nitrogens with one attached hydrogen (secondary N) is 2. The van der Waals surface area contributed by atoms with Gasteiger partial charge in [0, 0.05) is 12.4 Å². The molecule has 130 valence electrons. The number of halogens is 1. The summed E-state index contributed by atoms with van der Waals surface area (Å²) in [4.78, 5) is 24.8. The topological polar surface area (TPSA) is 76.0 Å². The van der Waals surface area contributed by atoms with Crippen LogP contribution < -0.4 is 10.6 Å². The standard InChI is InChI=1S/C17H17FN4O2S/c1-10-13-7-14(16(24)20-8-15(23)19-2)25-17(13)22(21-10)9-11-3-5-12(18)6-4-11/h3-7H,8-9H2,1-2H3,(H,19,23)(H,20,24). The molecule has 2 N–H and O–H groups in total. The number of fused-ring (bicyclic) bond motifs is 1. The van der Waals surface area contributed by atoms with E-state index in [1.807, 2.05) is 6.92 Å². The highest BCUT2D eigenvalue weighted by molar-refractivity contribution is 7.20. The van der Waals surface area contributed by atoms with Crippen molar-refractivity contribution in [3.63, 3.8) is 0 Å². The maximum Gasteiger partial charge on any atom is 0.261 e. The number of carbonyl (C=O) groups is 2. The Labute approximate surface area is 147 Å². The number of benzene rings is 1. The number of nitrogens with zero attached hydrogens (tertiary/aromatic N) is 2. The SMILES string of the molecule is CNC(=O)CNC(=O)c1cc2c(C)nn(Cc3ccc(F)cc3)c2s1. The molecule has 25 heavy (non-hydrogen) atoms. The van der Waals surface area contributed by atoms with Crippen LogP contribution in [0.25, 0.3) is 10.2 Å². The van der Waals surface area contributed by atoms with E-state index in [2.05, 4.69) is 15.7 Å². The molecule has 0 radical (unpaired) electrons. The Bertz CT molecular complexity index is 930. The van der Waals surface area contributed by atoms with Crippen molar-refractivity contribution in [2.75, 3.05) is 13.6 Å². The third-order valence-corrected chi connectivity index (χ3v) is 4.91. The number of carbonyl (C=O) groups excluding carboxylic acids is 2. The van der Waals surface area contributed by atoms with Gasteiger partial charge in [-0.3, -0.25) is 14.3 Å². The molecule has 1 aromatic carbocycles. The van der Waals surface area contributed by atoms with Crippen LogP contribution in [-0.4, -0.2) is 35.2 Å². The average Bonchev–Trinajstić information content (AvgIpc) is 3.16. The van der Waals surface area contributed by atoms with Gasteiger partial charge >= 0.3 is 0 Å². The first-order chi connectivity index (χ1) is 12.0. The van der Waals surface area contributed by atoms with Gasteiger partial charge in [-0.2, -0.15) is 5.10 Å². The van der Waals surface area contributed by atoms with Crippen molar-refractivity contribution >= 4 is 33.4 Å². The van der Waals surface area contributed by atoms with Gasteiger partial charge in [0.25, 0.3) is 5.91 Å². The minimum atomic E-state index is -0.294. The predicted octanol–water partition coefficient (Wildman–Crippen LogP) is 2.07. The van der Waals surface area contributed by atoms with Crippen LogP contribution in [0, 0.1) is 12.7 Å². The molecule has 0 fully saturated rings. The van der Waals surface area contributed by atoms with Gasteiger partial charge in [0.15, 0.2) is 0 Å². The van der Waals surface area contributed by atoms with Crippen LogP contribution in [0.3, 0.4) is 0 Å². The van der Waals surface area contributed by atoms with Crippen molar-refractivity contribution in [3.8, 4) is 0 Å². The van der Waals surface area contributed by atoms with Crippen molar-refractivity contribution in [2.45, 2.75) is 13.5 Å².